The minimum absolute atomic E-state index is 0.151. The molecule has 0 saturated carbocycles. The Hall–Kier alpha value is -4.03. The molecule has 1 aliphatic rings. The van der Waals surface area contributed by atoms with E-state index in [4.69, 9.17) is 4.74 Å². The number of halogens is 1. The number of nitrogens with zero attached hydrogens (tertiary/aromatic N) is 3. The maximum absolute atomic E-state index is 12.7. The summed E-state index contributed by atoms with van der Waals surface area (Å²) in [5.41, 5.74) is 0.472. The number of thioether (sulfide) groups is 1. The summed E-state index contributed by atoms with van der Waals surface area (Å²) < 4.78 is 6.43. The number of hydrogen-bond donors (Lipinski definition) is 0. The van der Waals surface area contributed by atoms with Gasteiger partial charge in [-0.2, -0.15) is 0 Å². The standard InChI is InChI=1S/C23H14BrN3O7S/c24-16-5-1-15(2-6-16)13-25-22(28)21(35-23(25)29)11-14-3-8-18(9-4-14)34-20-10-7-17(26(30)31)12-19(20)27(32)33/h1-12H,13H2/b21-11+. The summed E-state index contributed by atoms with van der Waals surface area (Å²) in [6.45, 7) is 0.163. The van der Waals surface area contributed by atoms with Gasteiger partial charge in [-0.05, 0) is 59.3 Å². The molecule has 0 atom stereocenters. The highest BCUT2D eigenvalue weighted by molar-refractivity contribution is 9.10. The minimum atomic E-state index is -0.763. The van der Waals surface area contributed by atoms with E-state index in [-0.39, 0.29) is 28.2 Å². The van der Waals surface area contributed by atoms with Gasteiger partial charge in [0.25, 0.3) is 16.8 Å². The predicted octanol–water partition coefficient (Wildman–Crippen LogP) is 6.29. The molecule has 12 heteroatoms. The molecular weight excluding hydrogens is 542 g/mol. The summed E-state index contributed by atoms with van der Waals surface area (Å²) in [4.78, 5) is 47.2. The first kappa shape index (κ1) is 24.1. The van der Waals surface area contributed by atoms with E-state index >= 15 is 0 Å². The summed E-state index contributed by atoms with van der Waals surface area (Å²) in [6.07, 6.45) is 1.57. The topological polar surface area (TPSA) is 133 Å². The Morgan fingerprint density at radius 3 is 2.26 bits per heavy atom. The van der Waals surface area contributed by atoms with E-state index in [0.717, 1.165) is 40.0 Å². The molecule has 1 fully saturated rings. The Bertz CT molecular complexity index is 1370. The molecule has 35 heavy (non-hydrogen) atoms. The fourth-order valence-electron chi connectivity index (χ4n) is 3.17. The zero-order valence-electron chi connectivity index (χ0n) is 17.6. The van der Waals surface area contributed by atoms with Crippen LogP contribution in [0.5, 0.6) is 11.5 Å². The van der Waals surface area contributed by atoms with Gasteiger partial charge in [0.05, 0.1) is 27.4 Å². The lowest BCUT2D eigenvalue weighted by Gasteiger charge is -2.12. The third-order valence-corrected chi connectivity index (χ3v) is 6.32. The lowest BCUT2D eigenvalue weighted by Crippen LogP contribution is -2.27. The number of carbonyl (C=O) groups is 2. The molecule has 1 aliphatic heterocycles. The van der Waals surface area contributed by atoms with Crippen molar-refractivity contribution in [2.45, 2.75) is 6.54 Å². The molecule has 4 rings (SSSR count). The van der Waals surface area contributed by atoms with Crippen LogP contribution in [0.1, 0.15) is 11.1 Å². The highest BCUT2D eigenvalue weighted by Crippen LogP contribution is 2.36. The van der Waals surface area contributed by atoms with Gasteiger partial charge in [-0.3, -0.25) is 34.7 Å². The van der Waals surface area contributed by atoms with Crippen LogP contribution in [0.4, 0.5) is 16.2 Å². The Kier molecular flexibility index (Phi) is 6.94. The Labute approximate surface area is 210 Å². The molecule has 0 radical (unpaired) electrons. The normalized spacial score (nSPS) is 14.4. The first-order chi connectivity index (χ1) is 16.7. The molecular formula is C23H14BrN3O7S. The molecule has 10 nitrogen and oxygen atoms in total. The van der Waals surface area contributed by atoms with Crippen molar-refractivity contribution in [3.63, 3.8) is 0 Å². The minimum Gasteiger partial charge on any atom is -0.450 e. The van der Waals surface area contributed by atoms with E-state index in [1.54, 1.807) is 18.2 Å². The average molecular weight is 556 g/mol. The first-order valence-electron chi connectivity index (χ1n) is 9.92. The summed E-state index contributed by atoms with van der Waals surface area (Å²) in [7, 11) is 0. The molecule has 0 bridgehead atoms. The third-order valence-electron chi connectivity index (χ3n) is 4.88. The molecule has 0 aliphatic carbocycles. The van der Waals surface area contributed by atoms with Gasteiger partial charge in [0, 0.05) is 10.5 Å². The summed E-state index contributed by atoms with van der Waals surface area (Å²) in [5.74, 6) is -0.297. The fourth-order valence-corrected chi connectivity index (χ4v) is 4.27. The van der Waals surface area contributed by atoms with Gasteiger partial charge in [-0.1, -0.05) is 40.2 Å². The lowest BCUT2D eigenvalue weighted by atomic mass is 10.2. The van der Waals surface area contributed by atoms with E-state index in [0.29, 0.717) is 5.56 Å². The van der Waals surface area contributed by atoms with Crippen molar-refractivity contribution in [3.05, 3.63) is 107 Å². The number of imide groups is 1. The number of amides is 2. The van der Waals surface area contributed by atoms with Crippen LogP contribution in [0, 0.1) is 20.2 Å². The van der Waals surface area contributed by atoms with Gasteiger partial charge in [-0.15, -0.1) is 0 Å². The molecule has 3 aromatic carbocycles. The van der Waals surface area contributed by atoms with E-state index in [2.05, 4.69) is 15.9 Å². The molecule has 3 aromatic rings. The quantitative estimate of drug-likeness (QED) is 0.188. The smallest absolute Gasteiger partial charge is 0.318 e. The first-order valence-corrected chi connectivity index (χ1v) is 11.5. The number of nitro groups is 2. The maximum atomic E-state index is 12.7. The molecule has 0 unspecified atom stereocenters. The number of nitro benzene ring substituents is 2. The molecule has 1 heterocycles. The monoisotopic (exact) mass is 555 g/mol. The van der Waals surface area contributed by atoms with E-state index in [1.165, 1.54) is 17.0 Å². The predicted molar refractivity (Wildman–Crippen MR) is 132 cm³/mol. The molecule has 0 spiro atoms. The summed E-state index contributed by atoms with van der Waals surface area (Å²) in [6, 6.07) is 16.7. The fraction of sp³-hybridized carbons (Fsp3) is 0.0435. The third kappa shape index (κ3) is 5.55. The van der Waals surface area contributed by atoms with E-state index < -0.39 is 27.1 Å². The van der Waals surface area contributed by atoms with Gasteiger partial charge >= 0.3 is 5.69 Å². The van der Waals surface area contributed by atoms with Crippen molar-refractivity contribution in [2.24, 2.45) is 0 Å². The van der Waals surface area contributed by atoms with Gasteiger partial charge in [0.1, 0.15) is 5.75 Å². The van der Waals surface area contributed by atoms with Crippen LogP contribution in [-0.4, -0.2) is 25.9 Å². The van der Waals surface area contributed by atoms with E-state index in [1.807, 2.05) is 24.3 Å². The lowest BCUT2D eigenvalue weighted by molar-refractivity contribution is -0.394. The van der Waals surface area contributed by atoms with Crippen molar-refractivity contribution in [3.8, 4) is 11.5 Å². The van der Waals surface area contributed by atoms with Crippen molar-refractivity contribution >= 4 is 56.3 Å². The zero-order valence-corrected chi connectivity index (χ0v) is 20.0. The number of carbonyl (C=O) groups excluding carboxylic acids is 2. The number of hydrogen-bond acceptors (Lipinski definition) is 8. The van der Waals surface area contributed by atoms with Crippen molar-refractivity contribution in [1.29, 1.82) is 0 Å². The molecule has 1 saturated heterocycles. The number of rotatable bonds is 7. The second-order valence-electron chi connectivity index (χ2n) is 7.23. The largest absolute Gasteiger partial charge is 0.450 e. The Balaban J connectivity index is 1.48. The second-order valence-corrected chi connectivity index (χ2v) is 9.14. The van der Waals surface area contributed by atoms with Crippen LogP contribution < -0.4 is 4.74 Å². The van der Waals surface area contributed by atoms with Crippen LogP contribution in [0.25, 0.3) is 6.08 Å². The summed E-state index contributed by atoms with van der Waals surface area (Å²) in [5, 5.41) is 21.8. The van der Waals surface area contributed by atoms with E-state index in [9.17, 15) is 29.8 Å². The maximum Gasteiger partial charge on any atom is 0.318 e. The van der Waals surface area contributed by atoms with Crippen molar-refractivity contribution in [2.75, 3.05) is 0 Å². The van der Waals surface area contributed by atoms with Crippen LogP contribution in [0.3, 0.4) is 0 Å². The van der Waals surface area contributed by atoms with Crippen LogP contribution in [0.15, 0.2) is 76.1 Å². The zero-order chi connectivity index (χ0) is 25.1. The Morgan fingerprint density at radius 2 is 1.63 bits per heavy atom. The number of non-ortho nitro benzene ring substituents is 1. The number of benzene rings is 3. The molecule has 0 aromatic heterocycles. The van der Waals surface area contributed by atoms with Gasteiger partial charge in [-0.25, -0.2) is 0 Å². The second kappa shape index (κ2) is 10.1. The van der Waals surface area contributed by atoms with Crippen LogP contribution >= 0.6 is 27.7 Å². The molecule has 2 amide bonds. The van der Waals surface area contributed by atoms with Crippen LogP contribution in [0.2, 0.25) is 0 Å². The Morgan fingerprint density at radius 1 is 0.943 bits per heavy atom. The highest BCUT2D eigenvalue weighted by atomic mass is 79.9. The van der Waals surface area contributed by atoms with Crippen LogP contribution in [-0.2, 0) is 11.3 Å². The summed E-state index contributed by atoms with van der Waals surface area (Å²) >= 11 is 4.19. The highest BCUT2D eigenvalue weighted by Gasteiger charge is 2.35. The van der Waals surface area contributed by atoms with Crippen molar-refractivity contribution < 1.29 is 24.2 Å². The van der Waals surface area contributed by atoms with Crippen molar-refractivity contribution in [1.82, 2.24) is 4.90 Å². The molecule has 0 N–H and O–H groups in total. The SMILES string of the molecule is O=C1S/C(=C/c2ccc(Oc3ccc([N+](=O)[O-])cc3[N+](=O)[O-])cc2)C(=O)N1Cc1ccc(Br)cc1. The van der Waals surface area contributed by atoms with Gasteiger partial charge in [0.2, 0.25) is 5.75 Å². The average Bonchev–Trinajstić information content (AvgIpc) is 3.09. The number of ether oxygens (including phenoxy) is 1. The van der Waals surface area contributed by atoms with Gasteiger partial charge < -0.3 is 4.74 Å². The van der Waals surface area contributed by atoms with Gasteiger partial charge in [0.15, 0.2) is 0 Å². The molecule has 176 valence electrons.